The van der Waals surface area contributed by atoms with Gasteiger partial charge in [0.1, 0.15) is 0 Å². The van der Waals surface area contributed by atoms with Crippen LogP contribution in [0.3, 0.4) is 0 Å². The Bertz CT molecular complexity index is 4.85. The van der Waals surface area contributed by atoms with Crippen LogP contribution in [-0.4, -0.2) is 195 Å². The van der Waals surface area contributed by atoms with E-state index in [1.54, 1.807) is 0 Å². The van der Waals surface area contributed by atoms with Gasteiger partial charge in [0, 0.05) is 195 Å². The van der Waals surface area contributed by atoms with Crippen LogP contribution in [0.2, 0.25) is 0 Å². The van der Waals surface area contributed by atoms with Gasteiger partial charge < -0.3 is 0 Å². The van der Waals surface area contributed by atoms with E-state index in [4.69, 9.17) is 0 Å². The monoisotopic (exact) mass is 656 g/mol. The van der Waals surface area contributed by atoms with Gasteiger partial charge in [-0.05, 0) is 0 Å². The van der Waals surface area contributed by atoms with Crippen LogP contribution in [0.4, 0.5) is 0 Å². The van der Waals surface area contributed by atoms with Gasteiger partial charge in [0.2, 0.25) is 0 Å². The normalized spacial score (nSPS) is 0. The summed E-state index contributed by atoms with van der Waals surface area (Å²) in [4.78, 5) is 0. The maximum Gasteiger partial charge on any atom is 0 e. The minimum Gasteiger partial charge on any atom is 0 e. The zero-order chi connectivity index (χ0) is 0. The molecule has 0 N–H and O–H groups in total. The minimum absolute atomic E-state index is 0. The zero-order valence-electron chi connectivity index (χ0n) is 3.02. The Kier molecular flexibility index (Phi) is 135. The fraction of sp³-hybridized carbons (Fsp3) is 0. The van der Waals surface area contributed by atoms with E-state index in [-0.39, 0.29) is 195 Å². The molecule has 0 aromatic rings. The molecule has 0 atom stereocenters. The summed E-state index contributed by atoms with van der Waals surface area (Å²) in [5.41, 5.74) is 0. The van der Waals surface area contributed by atoms with E-state index >= 15 is 0 Å². The molecule has 5 heavy (non-hydrogen) atoms. The third-order valence-corrected chi connectivity index (χ3v) is 0. The SMILES string of the molecule is [Ba].[Ba].[Ba].[Sb].[Sb]. The fourth-order valence-corrected chi connectivity index (χ4v) is 0. The van der Waals surface area contributed by atoms with Gasteiger partial charge in [-0.15, -0.1) is 0 Å². The van der Waals surface area contributed by atoms with Gasteiger partial charge in [-0.2, -0.15) is 0 Å². The summed E-state index contributed by atoms with van der Waals surface area (Å²) >= 11 is 0. The largest absolute Gasteiger partial charge is 0 e. The third kappa shape index (κ3) is 17.9. The Morgan fingerprint density at radius 1 is 0.400 bits per heavy atom. The predicted octanol–water partition coefficient (Wildman–Crippen LogP) is -1.90. The first kappa shape index (κ1) is 30.2. The molecule has 0 spiro atoms. The van der Waals surface area contributed by atoms with Gasteiger partial charge in [0.25, 0.3) is 0 Å². The number of hydrogen-bond donors (Lipinski definition) is 0. The first-order valence-corrected chi connectivity index (χ1v) is 0. The van der Waals surface area contributed by atoms with Crippen LogP contribution in [0.25, 0.3) is 0 Å². The molecule has 12 radical (unpaired) electrons. The van der Waals surface area contributed by atoms with E-state index in [1.807, 2.05) is 0 Å². The molecule has 0 aliphatic rings. The van der Waals surface area contributed by atoms with Crippen molar-refractivity contribution in [2.24, 2.45) is 0 Å². The molecule has 0 aliphatic heterocycles. The molecule has 0 aromatic carbocycles. The van der Waals surface area contributed by atoms with Crippen molar-refractivity contribution in [2.45, 2.75) is 0 Å². The maximum absolute atomic E-state index is 0. The average Bonchev–Trinajstić information content (AvgIpc) is 0. The maximum atomic E-state index is 0. The second kappa shape index (κ2) is 22.4. The summed E-state index contributed by atoms with van der Waals surface area (Å²) in [5.74, 6) is 0. The molecular formula is Ba3Sb2. The van der Waals surface area contributed by atoms with Gasteiger partial charge in [-0.1, -0.05) is 0 Å². The Labute approximate surface area is 188 Å². The molecule has 0 fully saturated rings. The smallest absolute Gasteiger partial charge is 0 e. The van der Waals surface area contributed by atoms with E-state index in [1.165, 1.54) is 0 Å². The molecule has 0 saturated heterocycles. The van der Waals surface area contributed by atoms with Crippen molar-refractivity contribution in [1.29, 1.82) is 0 Å². The molecule has 0 nitrogen and oxygen atoms in total. The van der Waals surface area contributed by atoms with Gasteiger partial charge in [-0.25, -0.2) is 0 Å². The van der Waals surface area contributed by atoms with Crippen LogP contribution >= 0.6 is 0 Å². The number of hydrogen-bond acceptors (Lipinski definition) is 0. The van der Waals surface area contributed by atoms with E-state index in [0.29, 0.717) is 0 Å². The quantitative estimate of drug-likeness (QED) is 0.268. The van der Waals surface area contributed by atoms with Gasteiger partial charge in [0.15, 0.2) is 0 Å². The molecule has 5 heteroatoms. The topological polar surface area (TPSA) is 0 Å². The predicted molar refractivity (Wildman–Crippen MR) is 28.8 cm³/mol. The summed E-state index contributed by atoms with van der Waals surface area (Å²) in [6.07, 6.45) is 0. The molecule has 0 rings (SSSR count). The van der Waals surface area contributed by atoms with Crippen molar-refractivity contribution in [3.05, 3.63) is 0 Å². The minimum atomic E-state index is 0. The second-order valence-corrected chi connectivity index (χ2v) is 0. The Hall–Kier alpha value is 6.35. The van der Waals surface area contributed by atoms with Crippen LogP contribution in [0, 0.1) is 0 Å². The van der Waals surface area contributed by atoms with Crippen molar-refractivity contribution < 1.29 is 0 Å². The molecule has 0 aliphatic carbocycles. The van der Waals surface area contributed by atoms with Crippen molar-refractivity contribution in [3.8, 4) is 0 Å². The van der Waals surface area contributed by atoms with Crippen LogP contribution < -0.4 is 0 Å². The summed E-state index contributed by atoms with van der Waals surface area (Å²) in [6.45, 7) is 0. The summed E-state index contributed by atoms with van der Waals surface area (Å²) in [6, 6.07) is 0. The Balaban J connectivity index is 0. The van der Waals surface area contributed by atoms with Gasteiger partial charge in [0.05, 0.1) is 0 Å². The van der Waals surface area contributed by atoms with Crippen LogP contribution in [0.5, 0.6) is 0 Å². The van der Waals surface area contributed by atoms with E-state index in [9.17, 15) is 0 Å². The van der Waals surface area contributed by atoms with Crippen LogP contribution in [-0.2, 0) is 0 Å². The van der Waals surface area contributed by atoms with Crippen molar-refractivity contribution in [1.82, 2.24) is 0 Å². The molecule has 0 saturated carbocycles. The van der Waals surface area contributed by atoms with E-state index in [2.05, 4.69) is 0 Å². The summed E-state index contributed by atoms with van der Waals surface area (Å²) in [5, 5.41) is 0. The van der Waals surface area contributed by atoms with Crippen LogP contribution in [0.15, 0.2) is 0 Å². The first-order valence-electron chi connectivity index (χ1n) is 0. The third-order valence-electron chi connectivity index (χ3n) is 0. The molecular weight excluding hydrogens is 656 g/mol. The molecule has 0 heterocycles. The van der Waals surface area contributed by atoms with E-state index < -0.39 is 0 Å². The average molecular weight is 656 g/mol. The standard InChI is InChI=1S/3Ba.2Sb. The molecule has 0 amide bonds. The summed E-state index contributed by atoms with van der Waals surface area (Å²) in [7, 11) is 0. The van der Waals surface area contributed by atoms with Gasteiger partial charge >= 0.3 is 0 Å². The zero-order valence-corrected chi connectivity index (χ0v) is 21.4. The van der Waals surface area contributed by atoms with Gasteiger partial charge in [-0.3, -0.25) is 0 Å². The first-order chi connectivity index (χ1) is 0. The fourth-order valence-electron chi connectivity index (χ4n) is 0. The number of rotatable bonds is 0. The van der Waals surface area contributed by atoms with Crippen LogP contribution in [0.1, 0.15) is 0 Å². The van der Waals surface area contributed by atoms with Crippen molar-refractivity contribution >= 4 is 195 Å². The second-order valence-electron chi connectivity index (χ2n) is 0. The van der Waals surface area contributed by atoms with Crippen molar-refractivity contribution in [2.75, 3.05) is 0 Å². The molecule has 0 aromatic heterocycles. The Morgan fingerprint density at radius 2 is 0.400 bits per heavy atom. The van der Waals surface area contributed by atoms with Crippen molar-refractivity contribution in [3.63, 3.8) is 0 Å². The molecule has 16 valence electrons. The molecule has 0 bridgehead atoms. The Morgan fingerprint density at radius 3 is 0.400 bits per heavy atom. The molecule has 0 unspecified atom stereocenters. The summed E-state index contributed by atoms with van der Waals surface area (Å²) < 4.78 is 0. The van der Waals surface area contributed by atoms with E-state index in [0.717, 1.165) is 0 Å².